The number of oxime groups is 1. The summed E-state index contributed by atoms with van der Waals surface area (Å²) in [6, 6.07) is 0. The standard InChI is InChI=1S/C13H27N3O2/c1-12(2,6-7-18-3)9-15-10-13(4-5-13)8-11(14)16-17/h15,17H,4-10H2,1-3H3,(H2,14,16). The van der Waals surface area contributed by atoms with E-state index >= 15 is 0 Å². The summed E-state index contributed by atoms with van der Waals surface area (Å²) in [4.78, 5) is 0. The molecule has 0 radical (unpaired) electrons. The Morgan fingerprint density at radius 1 is 1.50 bits per heavy atom. The van der Waals surface area contributed by atoms with Crippen molar-refractivity contribution >= 4 is 5.84 Å². The Hall–Kier alpha value is -0.810. The zero-order valence-electron chi connectivity index (χ0n) is 11.8. The van der Waals surface area contributed by atoms with Gasteiger partial charge in [-0.2, -0.15) is 0 Å². The Morgan fingerprint density at radius 3 is 2.67 bits per heavy atom. The molecule has 18 heavy (non-hydrogen) atoms. The molecule has 5 nitrogen and oxygen atoms in total. The van der Waals surface area contributed by atoms with Crippen LogP contribution in [0.5, 0.6) is 0 Å². The highest BCUT2D eigenvalue weighted by Crippen LogP contribution is 2.48. The van der Waals surface area contributed by atoms with Gasteiger partial charge in [-0.05, 0) is 30.1 Å². The van der Waals surface area contributed by atoms with Gasteiger partial charge < -0.3 is 21.0 Å². The van der Waals surface area contributed by atoms with Crippen molar-refractivity contribution in [2.75, 3.05) is 26.8 Å². The smallest absolute Gasteiger partial charge is 0.139 e. The molecule has 5 heteroatoms. The fourth-order valence-electron chi connectivity index (χ4n) is 2.15. The molecule has 1 rings (SSSR count). The number of nitrogens with zero attached hydrogens (tertiary/aromatic N) is 1. The highest BCUT2D eigenvalue weighted by Gasteiger charge is 2.43. The summed E-state index contributed by atoms with van der Waals surface area (Å²) in [5.41, 5.74) is 6.05. The van der Waals surface area contributed by atoms with Crippen LogP contribution in [0.4, 0.5) is 0 Å². The van der Waals surface area contributed by atoms with Crippen molar-refractivity contribution in [3.05, 3.63) is 0 Å². The van der Waals surface area contributed by atoms with Crippen molar-refractivity contribution in [2.24, 2.45) is 21.7 Å². The molecule has 0 heterocycles. The highest BCUT2D eigenvalue weighted by atomic mass is 16.5. The molecular formula is C13H27N3O2. The molecule has 0 spiro atoms. The number of nitrogens with two attached hydrogens (primary N) is 1. The fourth-order valence-corrected chi connectivity index (χ4v) is 2.15. The predicted octanol–water partition coefficient (Wildman–Crippen LogP) is 1.56. The largest absolute Gasteiger partial charge is 0.409 e. The molecule has 0 bridgehead atoms. The maximum absolute atomic E-state index is 8.61. The molecular weight excluding hydrogens is 230 g/mol. The van der Waals surface area contributed by atoms with E-state index in [0.29, 0.717) is 12.3 Å². The van der Waals surface area contributed by atoms with Crippen molar-refractivity contribution in [2.45, 2.75) is 39.5 Å². The first-order valence-corrected chi connectivity index (χ1v) is 6.59. The quantitative estimate of drug-likeness (QED) is 0.253. The minimum atomic E-state index is 0.230. The zero-order valence-corrected chi connectivity index (χ0v) is 11.8. The minimum absolute atomic E-state index is 0.230. The van der Waals surface area contributed by atoms with Gasteiger partial charge in [0.15, 0.2) is 0 Å². The number of hydrogen-bond donors (Lipinski definition) is 3. The van der Waals surface area contributed by atoms with E-state index in [1.807, 2.05) is 0 Å². The first kappa shape index (κ1) is 15.2. The van der Waals surface area contributed by atoms with Gasteiger partial charge in [0.1, 0.15) is 5.84 Å². The van der Waals surface area contributed by atoms with Gasteiger partial charge in [0.25, 0.3) is 0 Å². The summed E-state index contributed by atoms with van der Waals surface area (Å²) < 4.78 is 5.12. The second kappa shape index (κ2) is 6.38. The van der Waals surface area contributed by atoms with Gasteiger partial charge in [-0.25, -0.2) is 0 Å². The third-order valence-electron chi connectivity index (χ3n) is 3.73. The average molecular weight is 257 g/mol. The van der Waals surface area contributed by atoms with Crippen LogP contribution in [0, 0.1) is 10.8 Å². The molecule has 0 aromatic rings. The van der Waals surface area contributed by atoms with E-state index in [4.69, 9.17) is 15.7 Å². The van der Waals surface area contributed by atoms with E-state index in [1.54, 1.807) is 7.11 Å². The third-order valence-corrected chi connectivity index (χ3v) is 3.73. The summed E-state index contributed by atoms with van der Waals surface area (Å²) in [6.45, 7) is 7.18. The second-order valence-electron chi connectivity index (χ2n) is 6.28. The van der Waals surface area contributed by atoms with Gasteiger partial charge in [-0.1, -0.05) is 19.0 Å². The van der Waals surface area contributed by atoms with Crippen molar-refractivity contribution in [3.63, 3.8) is 0 Å². The molecule has 0 aromatic carbocycles. The van der Waals surface area contributed by atoms with Gasteiger partial charge in [0, 0.05) is 33.2 Å². The molecule has 0 saturated heterocycles. The molecule has 1 saturated carbocycles. The molecule has 1 aliphatic rings. The Bertz CT molecular complexity index is 286. The van der Waals surface area contributed by atoms with Crippen LogP contribution in [-0.4, -0.2) is 37.8 Å². The van der Waals surface area contributed by atoms with Crippen LogP contribution in [0.3, 0.4) is 0 Å². The van der Waals surface area contributed by atoms with Crippen LogP contribution in [0.15, 0.2) is 5.16 Å². The van der Waals surface area contributed by atoms with Crippen molar-refractivity contribution in [1.82, 2.24) is 5.32 Å². The van der Waals surface area contributed by atoms with Crippen LogP contribution in [0.2, 0.25) is 0 Å². The first-order chi connectivity index (χ1) is 8.43. The maximum Gasteiger partial charge on any atom is 0.139 e. The van der Waals surface area contributed by atoms with Crippen LogP contribution in [-0.2, 0) is 4.74 Å². The lowest BCUT2D eigenvalue weighted by Gasteiger charge is -2.26. The van der Waals surface area contributed by atoms with Crippen LogP contribution < -0.4 is 11.1 Å². The molecule has 0 aliphatic heterocycles. The van der Waals surface area contributed by atoms with Crippen LogP contribution in [0.1, 0.15) is 39.5 Å². The molecule has 4 N–H and O–H groups in total. The van der Waals surface area contributed by atoms with Crippen LogP contribution >= 0.6 is 0 Å². The number of amidine groups is 1. The van der Waals surface area contributed by atoms with Crippen molar-refractivity contribution < 1.29 is 9.94 Å². The van der Waals surface area contributed by atoms with E-state index < -0.39 is 0 Å². The summed E-state index contributed by atoms with van der Waals surface area (Å²) in [5, 5.41) is 15.2. The molecule has 1 aliphatic carbocycles. The first-order valence-electron chi connectivity index (χ1n) is 6.59. The number of hydrogen-bond acceptors (Lipinski definition) is 4. The Labute approximate surface area is 110 Å². The van der Waals surface area contributed by atoms with Gasteiger partial charge >= 0.3 is 0 Å². The summed E-state index contributed by atoms with van der Waals surface area (Å²) in [5.74, 6) is 0.341. The van der Waals surface area contributed by atoms with E-state index in [9.17, 15) is 0 Å². The van der Waals surface area contributed by atoms with Gasteiger partial charge in [-0.3, -0.25) is 0 Å². The lowest BCUT2D eigenvalue weighted by molar-refractivity contribution is 0.150. The van der Waals surface area contributed by atoms with Crippen LogP contribution in [0.25, 0.3) is 0 Å². The normalized spacial score (nSPS) is 18.9. The van der Waals surface area contributed by atoms with Gasteiger partial charge in [0.2, 0.25) is 0 Å². The molecule has 0 atom stereocenters. The number of rotatable bonds is 9. The van der Waals surface area contributed by atoms with E-state index in [0.717, 1.165) is 39.0 Å². The highest BCUT2D eigenvalue weighted by molar-refractivity contribution is 5.80. The van der Waals surface area contributed by atoms with Crippen molar-refractivity contribution in [1.29, 1.82) is 0 Å². The van der Waals surface area contributed by atoms with E-state index in [-0.39, 0.29) is 10.8 Å². The summed E-state index contributed by atoms with van der Waals surface area (Å²) >= 11 is 0. The van der Waals surface area contributed by atoms with E-state index in [1.165, 1.54) is 0 Å². The number of methoxy groups -OCH3 is 1. The molecule has 106 valence electrons. The second-order valence-corrected chi connectivity index (χ2v) is 6.28. The Balaban J connectivity index is 2.25. The number of ether oxygens (including phenoxy) is 1. The van der Waals surface area contributed by atoms with Gasteiger partial charge in [-0.15, -0.1) is 0 Å². The SMILES string of the molecule is COCCC(C)(C)CNCC1(CC(N)=NO)CC1. The Morgan fingerprint density at radius 2 is 2.17 bits per heavy atom. The predicted molar refractivity (Wildman–Crippen MR) is 72.8 cm³/mol. The average Bonchev–Trinajstić information content (AvgIpc) is 3.06. The van der Waals surface area contributed by atoms with Gasteiger partial charge in [0.05, 0.1) is 0 Å². The fraction of sp³-hybridized carbons (Fsp3) is 0.923. The lowest BCUT2D eigenvalue weighted by atomic mass is 9.89. The zero-order chi connectivity index (χ0) is 13.6. The monoisotopic (exact) mass is 257 g/mol. The maximum atomic E-state index is 8.61. The molecule has 0 aromatic heterocycles. The Kier molecular flexibility index (Phi) is 5.41. The number of nitrogens with one attached hydrogen (secondary N) is 1. The third kappa shape index (κ3) is 5.23. The molecule has 0 amide bonds. The van der Waals surface area contributed by atoms with Crippen molar-refractivity contribution in [3.8, 4) is 0 Å². The summed E-state index contributed by atoms with van der Waals surface area (Å²) in [6.07, 6.45) is 4.06. The lowest BCUT2D eigenvalue weighted by Crippen LogP contribution is -2.35. The molecule has 1 fully saturated rings. The minimum Gasteiger partial charge on any atom is -0.409 e. The summed E-state index contributed by atoms with van der Waals surface area (Å²) in [7, 11) is 1.74. The molecule has 0 unspecified atom stereocenters. The van der Waals surface area contributed by atoms with E-state index in [2.05, 4.69) is 24.3 Å². The topological polar surface area (TPSA) is 79.9 Å².